The number of nitrogens with two attached hydrogens (primary N) is 1. The van der Waals surface area contributed by atoms with E-state index in [1.165, 1.54) is 17.5 Å². The van der Waals surface area contributed by atoms with Crippen LogP contribution in [0.1, 0.15) is 15.2 Å². The quantitative estimate of drug-likeness (QED) is 0.749. The average molecular weight is 281 g/mol. The number of carbonyl (C=O) groups is 1. The van der Waals surface area contributed by atoms with Gasteiger partial charge in [-0.05, 0) is 12.1 Å². The summed E-state index contributed by atoms with van der Waals surface area (Å²) in [5.41, 5.74) is 7.34. The molecule has 4 nitrogen and oxygen atoms in total. The minimum Gasteiger partial charge on any atom is -0.382 e. The average Bonchev–Trinajstić information content (AvgIpc) is 2.90. The number of benzene rings is 1. The molecule has 98 valence electrons. The smallest absolute Gasteiger partial charge is 0.208 e. The SMILES string of the molecule is Nc1nc(-c2ccccc2)sc1C(=O)c1cccnc1. The van der Waals surface area contributed by atoms with Crippen LogP contribution in [-0.2, 0) is 0 Å². The fourth-order valence-corrected chi connectivity index (χ4v) is 2.78. The minimum absolute atomic E-state index is 0.143. The van der Waals surface area contributed by atoms with Crippen LogP contribution in [0.3, 0.4) is 0 Å². The molecule has 3 rings (SSSR count). The lowest BCUT2D eigenvalue weighted by molar-refractivity contribution is 0.104. The molecule has 5 heteroatoms. The number of hydrogen-bond acceptors (Lipinski definition) is 5. The van der Waals surface area contributed by atoms with Crippen LogP contribution in [0.2, 0.25) is 0 Å². The first kappa shape index (κ1) is 12.5. The van der Waals surface area contributed by atoms with E-state index in [0.29, 0.717) is 10.4 Å². The Morgan fingerprint density at radius 1 is 1.10 bits per heavy atom. The third-order valence-electron chi connectivity index (χ3n) is 2.80. The van der Waals surface area contributed by atoms with Gasteiger partial charge in [-0.25, -0.2) is 4.98 Å². The second kappa shape index (κ2) is 5.22. The van der Waals surface area contributed by atoms with Gasteiger partial charge >= 0.3 is 0 Å². The van der Waals surface area contributed by atoms with Crippen molar-refractivity contribution in [1.29, 1.82) is 0 Å². The lowest BCUT2D eigenvalue weighted by Crippen LogP contribution is -2.02. The lowest BCUT2D eigenvalue weighted by Gasteiger charge is -1.97. The first-order valence-electron chi connectivity index (χ1n) is 6.02. The summed E-state index contributed by atoms with van der Waals surface area (Å²) in [6.45, 7) is 0. The fraction of sp³-hybridized carbons (Fsp3) is 0. The van der Waals surface area contributed by atoms with E-state index in [2.05, 4.69) is 9.97 Å². The van der Waals surface area contributed by atoms with Gasteiger partial charge in [0.05, 0.1) is 0 Å². The monoisotopic (exact) mass is 281 g/mol. The van der Waals surface area contributed by atoms with Crippen LogP contribution in [0.15, 0.2) is 54.9 Å². The van der Waals surface area contributed by atoms with Gasteiger partial charge in [-0.1, -0.05) is 30.3 Å². The molecule has 0 saturated carbocycles. The summed E-state index contributed by atoms with van der Waals surface area (Å²) in [7, 11) is 0. The number of thiazole rings is 1. The predicted molar refractivity (Wildman–Crippen MR) is 79.6 cm³/mol. The fourth-order valence-electron chi connectivity index (χ4n) is 1.83. The van der Waals surface area contributed by atoms with Crippen molar-refractivity contribution in [2.45, 2.75) is 0 Å². The maximum Gasteiger partial charge on any atom is 0.208 e. The molecular weight excluding hydrogens is 270 g/mol. The zero-order valence-corrected chi connectivity index (χ0v) is 11.3. The van der Waals surface area contributed by atoms with Crippen LogP contribution in [-0.4, -0.2) is 15.8 Å². The van der Waals surface area contributed by atoms with E-state index >= 15 is 0 Å². The molecule has 0 aliphatic rings. The van der Waals surface area contributed by atoms with Crippen molar-refractivity contribution in [2.24, 2.45) is 0 Å². The summed E-state index contributed by atoms with van der Waals surface area (Å²) in [5.74, 6) is 0.123. The second-order valence-electron chi connectivity index (χ2n) is 4.17. The summed E-state index contributed by atoms with van der Waals surface area (Å²) >= 11 is 1.30. The van der Waals surface area contributed by atoms with Gasteiger partial charge in [-0.3, -0.25) is 9.78 Å². The Morgan fingerprint density at radius 2 is 1.90 bits per heavy atom. The number of aromatic nitrogens is 2. The van der Waals surface area contributed by atoms with Crippen LogP contribution in [0, 0.1) is 0 Å². The molecule has 0 unspecified atom stereocenters. The molecule has 0 aliphatic carbocycles. The molecule has 0 amide bonds. The van der Waals surface area contributed by atoms with Crippen molar-refractivity contribution in [2.75, 3.05) is 5.73 Å². The van der Waals surface area contributed by atoms with Crippen LogP contribution in [0.4, 0.5) is 5.82 Å². The van der Waals surface area contributed by atoms with Gasteiger partial charge in [-0.2, -0.15) is 0 Å². The number of anilines is 1. The van der Waals surface area contributed by atoms with E-state index in [9.17, 15) is 4.79 Å². The molecule has 0 fully saturated rings. The Hall–Kier alpha value is -2.53. The van der Waals surface area contributed by atoms with Crippen molar-refractivity contribution >= 4 is 22.9 Å². The van der Waals surface area contributed by atoms with E-state index < -0.39 is 0 Å². The second-order valence-corrected chi connectivity index (χ2v) is 5.17. The van der Waals surface area contributed by atoms with Gasteiger partial charge < -0.3 is 5.73 Å². The summed E-state index contributed by atoms with van der Waals surface area (Å²) in [5, 5.41) is 0.746. The molecule has 0 bridgehead atoms. The highest BCUT2D eigenvalue weighted by Gasteiger charge is 2.18. The molecule has 0 spiro atoms. The minimum atomic E-state index is -0.143. The number of nitrogens with zero attached hydrogens (tertiary/aromatic N) is 2. The molecule has 0 saturated heterocycles. The van der Waals surface area contributed by atoms with Crippen molar-refractivity contribution < 1.29 is 4.79 Å². The highest BCUT2D eigenvalue weighted by atomic mass is 32.1. The van der Waals surface area contributed by atoms with Crippen molar-refractivity contribution in [3.8, 4) is 10.6 Å². The summed E-state index contributed by atoms with van der Waals surface area (Å²) < 4.78 is 0. The maximum absolute atomic E-state index is 12.4. The Morgan fingerprint density at radius 3 is 2.60 bits per heavy atom. The predicted octanol–water partition coefficient (Wildman–Crippen LogP) is 3.02. The molecular formula is C15H11N3OS. The maximum atomic E-state index is 12.4. The Kier molecular flexibility index (Phi) is 3.26. The number of ketones is 1. The van der Waals surface area contributed by atoms with Crippen LogP contribution < -0.4 is 5.73 Å². The van der Waals surface area contributed by atoms with E-state index in [1.807, 2.05) is 30.3 Å². The summed E-state index contributed by atoms with van der Waals surface area (Å²) in [6.07, 6.45) is 3.16. The van der Waals surface area contributed by atoms with E-state index in [0.717, 1.165) is 10.6 Å². The van der Waals surface area contributed by atoms with Crippen molar-refractivity contribution in [3.63, 3.8) is 0 Å². The molecule has 0 atom stereocenters. The van der Waals surface area contributed by atoms with Crippen molar-refractivity contribution in [1.82, 2.24) is 9.97 Å². The zero-order chi connectivity index (χ0) is 13.9. The molecule has 20 heavy (non-hydrogen) atoms. The zero-order valence-electron chi connectivity index (χ0n) is 10.5. The van der Waals surface area contributed by atoms with Gasteiger partial charge in [0.25, 0.3) is 0 Å². The van der Waals surface area contributed by atoms with Gasteiger partial charge in [0.2, 0.25) is 5.78 Å². The highest BCUT2D eigenvalue weighted by Crippen LogP contribution is 2.30. The summed E-state index contributed by atoms with van der Waals surface area (Å²) in [4.78, 5) is 21.0. The normalized spacial score (nSPS) is 10.4. The topological polar surface area (TPSA) is 68.9 Å². The first-order chi connectivity index (χ1) is 9.75. The van der Waals surface area contributed by atoms with E-state index in [1.54, 1.807) is 18.3 Å². The standard InChI is InChI=1S/C15H11N3OS/c16-14-13(12(19)11-7-4-8-17-9-11)20-15(18-14)10-5-2-1-3-6-10/h1-9H,16H2. The summed E-state index contributed by atoms with van der Waals surface area (Å²) in [6, 6.07) is 13.1. The highest BCUT2D eigenvalue weighted by molar-refractivity contribution is 7.17. The van der Waals surface area contributed by atoms with Gasteiger partial charge in [0.1, 0.15) is 15.7 Å². The van der Waals surface area contributed by atoms with Crippen molar-refractivity contribution in [3.05, 3.63) is 65.3 Å². The van der Waals surface area contributed by atoms with Crippen LogP contribution in [0.5, 0.6) is 0 Å². The largest absolute Gasteiger partial charge is 0.382 e. The number of hydrogen-bond donors (Lipinski definition) is 1. The molecule has 2 N–H and O–H groups in total. The third kappa shape index (κ3) is 2.31. The van der Waals surface area contributed by atoms with Crippen LogP contribution >= 0.6 is 11.3 Å². The van der Waals surface area contributed by atoms with E-state index in [-0.39, 0.29) is 11.6 Å². The Bertz CT molecular complexity index is 738. The Labute approximate surface area is 119 Å². The van der Waals surface area contributed by atoms with E-state index in [4.69, 9.17) is 5.73 Å². The molecule has 0 radical (unpaired) electrons. The molecule has 1 aromatic carbocycles. The number of pyridine rings is 1. The number of rotatable bonds is 3. The molecule has 2 aromatic heterocycles. The van der Waals surface area contributed by atoms with Gasteiger partial charge in [0, 0.05) is 23.5 Å². The molecule has 2 heterocycles. The Balaban J connectivity index is 2.00. The third-order valence-corrected chi connectivity index (χ3v) is 3.92. The number of nitrogen functional groups attached to an aromatic ring is 1. The van der Waals surface area contributed by atoms with Gasteiger partial charge in [0.15, 0.2) is 0 Å². The number of carbonyl (C=O) groups excluding carboxylic acids is 1. The van der Waals surface area contributed by atoms with Crippen LogP contribution in [0.25, 0.3) is 10.6 Å². The van der Waals surface area contributed by atoms with Gasteiger partial charge in [-0.15, -0.1) is 11.3 Å². The lowest BCUT2D eigenvalue weighted by atomic mass is 10.1. The first-order valence-corrected chi connectivity index (χ1v) is 6.84. The molecule has 0 aliphatic heterocycles. The molecule has 3 aromatic rings.